The third-order valence-corrected chi connectivity index (χ3v) is 4.57. The van der Waals surface area contributed by atoms with Gasteiger partial charge in [-0.2, -0.15) is 0 Å². The van der Waals surface area contributed by atoms with Crippen LogP contribution in [0, 0.1) is 18.8 Å². The monoisotopic (exact) mass is 328 g/mol. The largest absolute Gasteiger partial charge is 0.360 e. The summed E-state index contributed by atoms with van der Waals surface area (Å²) in [5.41, 5.74) is 0.918. The molecule has 2 aliphatic rings. The summed E-state index contributed by atoms with van der Waals surface area (Å²) in [6.45, 7) is 10.1. The smallest absolute Gasteiger partial charge is 0.227 e. The van der Waals surface area contributed by atoms with E-state index < -0.39 is 0 Å². The van der Waals surface area contributed by atoms with Crippen LogP contribution in [0.4, 0.5) is 0 Å². The van der Waals surface area contributed by atoms with E-state index in [1.54, 1.807) is 0 Å². The van der Waals surface area contributed by atoms with Crippen molar-refractivity contribution in [2.24, 2.45) is 11.8 Å². The van der Waals surface area contributed by atoms with Gasteiger partial charge in [0, 0.05) is 38.8 Å². The summed E-state index contributed by atoms with van der Waals surface area (Å²) in [4.78, 5) is 16.9. The zero-order chi connectivity index (χ0) is 14.8. The fraction of sp³-hybridized carbons (Fsp3) is 0.733. The molecule has 2 saturated heterocycles. The number of carbonyl (C=O) groups excluding carboxylic acids is 1. The van der Waals surface area contributed by atoms with Gasteiger partial charge in [0.1, 0.15) is 0 Å². The average molecular weight is 329 g/mol. The van der Waals surface area contributed by atoms with E-state index >= 15 is 0 Å². The molecule has 1 amide bonds. The van der Waals surface area contributed by atoms with Crippen LogP contribution >= 0.6 is 12.4 Å². The van der Waals surface area contributed by atoms with Crippen molar-refractivity contribution in [1.82, 2.24) is 20.3 Å². The van der Waals surface area contributed by atoms with Gasteiger partial charge in [-0.05, 0) is 19.4 Å². The van der Waals surface area contributed by atoms with Crippen LogP contribution in [0.5, 0.6) is 0 Å². The molecule has 124 valence electrons. The number of carbonyl (C=O) groups is 1. The average Bonchev–Trinajstić information content (AvgIpc) is 3.08. The van der Waals surface area contributed by atoms with Crippen LogP contribution in [-0.4, -0.2) is 60.1 Å². The number of nitrogens with zero attached hydrogens (tertiary/aromatic N) is 3. The molecule has 1 aromatic heterocycles. The summed E-state index contributed by atoms with van der Waals surface area (Å²) in [6, 6.07) is 1.98. The molecule has 7 heteroatoms. The van der Waals surface area contributed by atoms with Gasteiger partial charge in [-0.15, -0.1) is 12.4 Å². The highest BCUT2D eigenvalue weighted by Gasteiger charge is 2.34. The molecule has 2 fully saturated rings. The Morgan fingerprint density at radius 3 is 2.64 bits per heavy atom. The Labute approximate surface area is 137 Å². The summed E-state index contributed by atoms with van der Waals surface area (Å²) >= 11 is 0. The predicted octanol–water partition coefficient (Wildman–Crippen LogP) is 0.905. The lowest BCUT2D eigenvalue weighted by Gasteiger charge is -2.36. The van der Waals surface area contributed by atoms with Crippen LogP contribution < -0.4 is 5.32 Å². The van der Waals surface area contributed by atoms with E-state index in [4.69, 9.17) is 4.52 Å². The minimum absolute atomic E-state index is 0. The topological polar surface area (TPSA) is 61.6 Å². The van der Waals surface area contributed by atoms with E-state index in [2.05, 4.69) is 22.3 Å². The number of halogens is 1. The minimum atomic E-state index is 0. The minimum Gasteiger partial charge on any atom is -0.360 e. The third-order valence-electron chi connectivity index (χ3n) is 4.57. The number of piperazine rings is 1. The number of aryl methyl sites for hydroxylation is 1. The maximum absolute atomic E-state index is 12.5. The molecule has 1 aromatic rings. The quantitative estimate of drug-likeness (QED) is 0.893. The van der Waals surface area contributed by atoms with E-state index in [-0.39, 0.29) is 18.3 Å². The lowest BCUT2D eigenvalue weighted by Crippen LogP contribution is -2.50. The lowest BCUT2D eigenvalue weighted by molar-refractivity contribution is -0.137. The summed E-state index contributed by atoms with van der Waals surface area (Å²) in [5.74, 6) is 1.84. The Kier molecular flexibility index (Phi) is 5.83. The molecule has 0 saturated carbocycles. The van der Waals surface area contributed by atoms with E-state index in [9.17, 15) is 4.79 Å². The second-order valence-electron chi connectivity index (χ2n) is 6.28. The number of nitrogens with one attached hydrogen (secondary N) is 1. The molecule has 0 spiro atoms. The van der Waals surface area contributed by atoms with Crippen LogP contribution in [0.1, 0.15) is 18.4 Å². The second kappa shape index (κ2) is 7.44. The number of aromatic nitrogens is 1. The molecule has 0 bridgehead atoms. The highest BCUT2D eigenvalue weighted by molar-refractivity contribution is 5.85. The van der Waals surface area contributed by atoms with Crippen molar-refractivity contribution in [3.05, 3.63) is 17.5 Å². The van der Waals surface area contributed by atoms with Crippen molar-refractivity contribution in [2.45, 2.75) is 20.4 Å². The second-order valence-corrected chi connectivity index (χ2v) is 6.28. The van der Waals surface area contributed by atoms with Crippen molar-refractivity contribution < 1.29 is 9.32 Å². The standard InChI is InChI=1S/C15H24N4O2.ClH/c1-11-8-16-9-14(11)15(20)19-5-3-18(4-6-19)10-13-7-12(2)17-21-13;/h7,11,14,16H,3-6,8-10H2,1-2H3;1H/t11-,14-;/m1./s1. The van der Waals surface area contributed by atoms with Crippen molar-refractivity contribution in [2.75, 3.05) is 39.3 Å². The molecule has 0 aliphatic carbocycles. The molecule has 2 aliphatic heterocycles. The molecule has 0 unspecified atom stereocenters. The zero-order valence-electron chi connectivity index (χ0n) is 13.2. The number of hydrogen-bond acceptors (Lipinski definition) is 5. The first kappa shape index (κ1) is 17.2. The van der Waals surface area contributed by atoms with Crippen molar-refractivity contribution in [3.8, 4) is 0 Å². The summed E-state index contributed by atoms with van der Waals surface area (Å²) in [5, 5.41) is 7.22. The van der Waals surface area contributed by atoms with Crippen molar-refractivity contribution in [3.63, 3.8) is 0 Å². The van der Waals surface area contributed by atoms with Gasteiger partial charge in [0.2, 0.25) is 5.91 Å². The molecular weight excluding hydrogens is 304 g/mol. The van der Waals surface area contributed by atoms with Crippen LogP contribution in [0.15, 0.2) is 10.6 Å². The molecular formula is C15H25ClN4O2. The molecule has 2 atom stereocenters. The first-order chi connectivity index (χ1) is 10.1. The third kappa shape index (κ3) is 3.80. The SMILES string of the molecule is Cc1cc(CN2CCN(C(=O)[C@@H]3CNC[C@H]3C)CC2)on1.Cl. The zero-order valence-corrected chi connectivity index (χ0v) is 14.1. The Bertz CT molecular complexity index is 499. The maximum Gasteiger partial charge on any atom is 0.227 e. The van der Waals surface area contributed by atoms with Crippen LogP contribution in [0.3, 0.4) is 0 Å². The van der Waals surface area contributed by atoms with Gasteiger partial charge < -0.3 is 14.7 Å². The number of hydrogen-bond donors (Lipinski definition) is 1. The first-order valence-electron chi connectivity index (χ1n) is 7.77. The van der Waals surface area contributed by atoms with Gasteiger partial charge in [0.25, 0.3) is 0 Å². The number of amides is 1. The molecule has 1 N–H and O–H groups in total. The van der Waals surface area contributed by atoms with Crippen LogP contribution in [0.25, 0.3) is 0 Å². The summed E-state index contributed by atoms with van der Waals surface area (Å²) in [6.07, 6.45) is 0. The van der Waals surface area contributed by atoms with Gasteiger partial charge in [-0.3, -0.25) is 9.69 Å². The molecule has 22 heavy (non-hydrogen) atoms. The molecule has 3 rings (SSSR count). The normalized spacial score (nSPS) is 26.0. The van der Waals surface area contributed by atoms with Crippen LogP contribution in [0.2, 0.25) is 0 Å². The maximum atomic E-state index is 12.5. The van der Waals surface area contributed by atoms with E-state index in [0.717, 1.165) is 57.3 Å². The van der Waals surface area contributed by atoms with E-state index in [1.807, 2.05) is 17.9 Å². The molecule has 3 heterocycles. The fourth-order valence-corrected chi connectivity index (χ4v) is 3.21. The van der Waals surface area contributed by atoms with Crippen molar-refractivity contribution in [1.29, 1.82) is 0 Å². The fourth-order valence-electron chi connectivity index (χ4n) is 3.21. The van der Waals surface area contributed by atoms with Gasteiger partial charge in [-0.1, -0.05) is 12.1 Å². The first-order valence-corrected chi connectivity index (χ1v) is 7.77. The lowest BCUT2D eigenvalue weighted by atomic mass is 9.96. The summed E-state index contributed by atoms with van der Waals surface area (Å²) < 4.78 is 5.26. The van der Waals surface area contributed by atoms with Gasteiger partial charge in [-0.25, -0.2) is 0 Å². The Morgan fingerprint density at radius 1 is 1.36 bits per heavy atom. The number of rotatable bonds is 3. The highest BCUT2D eigenvalue weighted by Crippen LogP contribution is 2.20. The molecule has 0 radical (unpaired) electrons. The molecule has 0 aromatic carbocycles. The molecule has 6 nitrogen and oxygen atoms in total. The highest BCUT2D eigenvalue weighted by atomic mass is 35.5. The van der Waals surface area contributed by atoms with Crippen LogP contribution in [-0.2, 0) is 11.3 Å². The van der Waals surface area contributed by atoms with Gasteiger partial charge in [0.05, 0.1) is 18.2 Å². The predicted molar refractivity (Wildman–Crippen MR) is 85.9 cm³/mol. The Hall–Kier alpha value is -1.11. The van der Waals surface area contributed by atoms with E-state index in [0.29, 0.717) is 11.8 Å². The van der Waals surface area contributed by atoms with E-state index in [1.165, 1.54) is 0 Å². The van der Waals surface area contributed by atoms with Gasteiger partial charge in [0.15, 0.2) is 5.76 Å². The van der Waals surface area contributed by atoms with Gasteiger partial charge >= 0.3 is 0 Å². The Morgan fingerprint density at radius 2 is 2.09 bits per heavy atom. The van der Waals surface area contributed by atoms with Crippen molar-refractivity contribution >= 4 is 18.3 Å². The summed E-state index contributed by atoms with van der Waals surface area (Å²) in [7, 11) is 0. The Balaban J connectivity index is 0.00000176.